The summed E-state index contributed by atoms with van der Waals surface area (Å²) in [7, 11) is 0. The summed E-state index contributed by atoms with van der Waals surface area (Å²) in [5.74, 6) is 0. The average molecular weight is 236 g/mol. The zero-order chi connectivity index (χ0) is 2.00. The van der Waals surface area contributed by atoms with Gasteiger partial charge in [-0.25, -0.2) is 0 Å². The van der Waals surface area contributed by atoms with Gasteiger partial charge >= 0.3 is 27.5 Å². The van der Waals surface area contributed by atoms with E-state index in [-0.39, 0.29) is 36.5 Å². The van der Waals surface area contributed by atoms with Gasteiger partial charge in [-0.3, -0.25) is 0 Å². The monoisotopic (exact) mass is 233 g/mol. The largest absolute Gasteiger partial charge is 0 e. The Morgan fingerprint density at radius 3 is 1.25 bits per heavy atom. The molecule has 0 aliphatic rings. The zero-order valence-electron chi connectivity index (χ0n) is 1.92. The first kappa shape index (κ1) is 17.0. The Balaban J connectivity index is -0.00000000500. The van der Waals surface area contributed by atoms with Gasteiger partial charge in [0.25, 0.3) is 0 Å². The predicted molar refractivity (Wildman–Crippen MR) is 0.686 cm³/mol. The summed E-state index contributed by atoms with van der Waals surface area (Å²) in [6, 6.07) is 0. The van der Waals surface area contributed by atoms with Crippen LogP contribution < -0.4 is 0 Å². The van der Waals surface area contributed by atoms with E-state index in [1.165, 1.54) is 0 Å². The van der Waals surface area contributed by atoms with Crippen LogP contribution in [0.15, 0.2) is 0 Å². The Hall–Kier alpha value is 1.83. The normalized spacial score (nSPS) is 0.750. The fraction of sp³-hybridized carbons (Fsp3) is 0. The predicted octanol–water partition coefficient (Wildman–Crippen LogP) is -0.126. The van der Waals surface area contributed by atoms with Crippen LogP contribution in [-0.2, 0) is 64.1 Å². The molecule has 1 radical (unpaired) electrons. The van der Waals surface area contributed by atoms with Crippen LogP contribution in [-0.4, -0.2) is 0 Å². The van der Waals surface area contributed by atoms with Gasteiger partial charge in [0.15, 0.2) is 0 Å². The summed E-state index contributed by atoms with van der Waals surface area (Å²) >= 11 is 0.300. The van der Waals surface area contributed by atoms with Crippen LogP contribution in [0.3, 0.4) is 0 Å². The molecule has 0 aromatic heterocycles. The topological polar surface area (TPSA) is 17.1 Å². The van der Waals surface area contributed by atoms with Gasteiger partial charge in [-0.1, -0.05) is 0 Å². The van der Waals surface area contributed by atoms with E-state index in [4.69, 9.17) is 2.81 Å². The van der Waals surface area contributed by atoms with Crippen molar-refractivity contribution in [3.8, 4) is 0 Å². The molecule has 0 spiro atoms. The third-order valence-corrected chi connectivity index (χ3v) is 0. The fourth-order valence-electron chi connectivity index (χ4n) is 0. The zero-order valence-corrected chi connectivity index (χ0v) is 8.28. The molecule has 0 unspecified atom stereocenters. The number of hydrogen-bond acceptors (Lipinski definition) is 1. The summed E-state index contributed by atoms with van der Waals surface area (Å²) in [6.07, 6.45) is 0. The molecule has 0 rings (SSSR count). The van der Waals surface area contributed by atoms with E-state index in [2.05, 4.69) is 0 Å². The first-order chi connectivity index (χ1) is 1.00. The van der Waals surface area contributed by atoms with Crippen molar-refractivity contribution >= 4 is 0 Å². The third kappa shape index (κ3) is 9.16. The number of hydrogen-bond donors (Lipinski definition) is 0. The van der Waals surface area contributed by atoms with Crippen molar-refractivity contribution in [2.75, 3.05) is 0 Å². The second-order valence-electron chi connectivity index (χ2n) is 0. The summed E-state index contributed by atoms with van der Waals surface area (Å²) in [4.78, 5) is 0. The average Bonchev–Trinajstić information content (AvgIpc) is 1.00. The molecule has 0 saturated heterocycles. The smallest absolute Gasteiger partial charge is 0 e. The molecule has 0 bridgehead atoms. The molecule has 0 atom stereocenters. The van der Waals surface area contributed by atoms with E-state index in [9.17, 15) is 0 Å². The maximum atomic E-state index is 8.34. The van der Waals surface area contributed by atoms with Gasteiger partial charge in [-0.2, -0.15) is 0 Å². The van der Waals surface area contributed by atoms with E-state index >= 15 is 0 Å². The third-order valence-electron chi connectivity index (χ3n) is 0. The molecule has 0 aliphatic heterocycles. The van der Waals surface area contributed by atoms with Gasteiger partial charge in [0, 0.05) is 36.5 Å². The molecule has 0 heterocycles. The molecule has 0 aromatic carbocycles. The van der Waals surface area contributed by atoms with E-state index < -0.39 is 0 Å². The summed E-state index contributed by atoms with van der Waals surface area (Å²) in [5, 5.41) is 0. The Labute approximate surface area is 63.4 Å². The van der Waals surface area contributed by atoms with E-state index in [1.54, 1.807) is 0 Å². The Bertz CT molecular complexity index is 8.00. The molecular weight excluding hydrogens is 236 g/mol. The molecule has 1 nitrogen and oxygen atoms in total. The van der Waals surface area contributed by atoms with Crippen molar-refractivity contribution in [2.24, 2.45) is 0 Å². The van der Waals surface area contributed by atoms with E-state index in [1.807, 2.05) is 0 Å². The van der Waals surface area contributed by atoms with Crippen molar-refractivity contribution in [3.63, 3.8) is 0 Å². The van der Waals surface area contributed by atoms with Gasteiger partial charge in [0.2, 0.25) is 0 Å². The fourth-order valence-corrected chi connectivity index (χ4v) is 0. The second kappa shape index (κ2) is 21.2. The minimum absolute atomic E-state index is 0. The van der Waals surface area contributed by atoms with Crippen molar-refractivity contribution < 1.29 is 64.1 Å². The van der Waals surface area contributed by atoms with Crippen LogP contribution in [0.2, 0.25) is 0 Å². The van der Waals surface area contributed by atoms with Crippen molar-refractivity contribution in [3.05, 3.63) is 0 Å². The molecule has 0 saturated carbocycles. The molecule has 4 heteroatoms. The molecule has 0 aromatic rings. The maximum Gasteiger partial charge on any atom is 0 e. The standard InChI is InChI=1S/Cu.O.Zn.Zr. The minimum Gasteiger partial charge on any atom is 0 e. The van der Waals surface area contributed by atoms with Crippen LogP contribution in [0.5, 0.6) is 0 Å². The summed E-state index contributed by atoms with van der Waals surface area (Å²) < 4.78 is 8.34. The summed E-state index contributed by atoms with van der Waals surface area (Å²) in [5.41, 5.74) is 0. The Kier molecular flexibility index (Phi) is 90.0. The molecule has 0 amide bonds. The van der Waals surface area contributed by atoms with Gasteiger partial charge in [-0.15, -0.1) is 0 Å². The molecule has 0 aliphatic carbocycles. The van der Waals surface area contributed by atoms with Crippen molar-refractivity contribution in [2.45, 2.75) is 0 Å². The van der Waals surface area contributed by atoms with Crippen molar-refractivity contribution in [1.29, 1.82) is 0 Å². The van der Waals surface area contributed by atoms with Crippen LogP contribution in [0.1, 0.15) is 0 Å². The molecular formula is CuOZnZr. The maximum absolute atomic E-state index is 8.34. The van der Waals surface area contributed by atoms with E-state index in [0.717, 1.165) is 0 Å². The SMILES string of the molecule is [Cu].[O]=[Zr].[Zn]. The first-order valence-electron chi connectivity index (χ1n) is 0.204. The van der Waals surface area contributed by atoms with Gasteiger partial charge < -0.3 is 0 Å². The molecule has 0 fully saturated rings. The Morgan fingerprint density at radius 2 is 1.25 bits per heavy atom. The van der Waals surface area contributed by atoms with Crippen molar-refractivity contribution in [1.82, 2.24) is 0 Å². The van der Waals surface area contributed by atoms with Crippen LogP contribution in [0, 0.1) is 0 Å². The number of rotatable bonds is 0. The van der Waals surface area contributed by atoms with Crippen LogP contribution in [0.4, 0.5) is 0 Å². The molecule has 23 valence electrons. The Morgan fingerprint density at radius 1 is 1.25 bits per heavy atom. The van der Waals surface area contributed by atoms with Crippen LogP contribution in [0.25, 0.3) is 0 Å². The van der Waals surface area contributed by atoms with Gasteiger partial charge in [0.1, 0.15) is 0 Å². The molecule has 4 heavy (non-hydrogen) atoms. The van der Waals surface area contributed by atoms with E-state index in [0.29, 0.717) is 24.7 Å². The minimum atomic E-state index is 0. The van der Waals surface area contributed by atoms with Gasteiger partial charge in [-0.05, 0) is 0 Å². The molecule has 0 N–H and O–H groups in total. The first-order valence-corrected chi connectivity index (χ1v) is 1.21. The van der Waals surface area contributed by atoms with Crippen LogP contribution >= 0.6 is 0 Å². The summed E-state index contributed by atoms with van der Waals surface area (Å²) in [6.45, 7) is 0. The quantitative estimate of drug-likeness (QED) is 0.536. The second-order valence-corrected chi connectivity index (χ2v) is 0. The van der Waals surface area contributed by atoms with Gasteiger partial charge in [0.05, 0.1) is 0 Å².